The van der Waals surface area contributed by atoms with Gasteiger partial charge in [-0.15, -0.1) is 0 Å². The second-order valence-corrected chi connectivity index (χ2v) is 7.23. The van der Waals surface area contributed by atoms with E-state index in [0.717, 1.165) is 0 Å². The van der Waals surface area contributed by atoms with Crippen LogP contribution in [0.4, 0.5) is 4.79 Å². The van der Waals surface area contributed by atoms with E-state index in [-0.39, 0.29) is 45.6 Å². The number of carbonyl (C=O) groups is 3. The van der Waals surface area contributed by atoms with E-state index < -0.39 is 61.2 Å². The molecular weight excluding hydrogens is 408 g/mol. The Hall–Kier alpha value is -2.03. The van der Waals surface area contributed by atoms with Crippen LogP contribution in [0.25, 0.3) is 0 Å². The molecule has 0 aliphatic carbocycles. The van der Waals surface area contributed by atoms with Crippen LogP contribution in [0.2, 0.25) is 0 Å². The lowest BCUT2D eigenvalue weighted by molar-refractivity contribution is -0.230. The van der Waals surface area contributed by atoms with E-state index in [0.29, 0.717) is 0 Å². The molecule has 172 valence electrons. The van der Waals surface area contributed by atoms with Crippen molar-refractivity contribution in [3.05, 3.63) is 0 Å². The molecule has 13 heteroatoms. The Morgan fingerprint density at radius 3 is 2.03 bits per heavy atom. The Morgan fingerprint density at radius 1 is 0.933 bits per heavy atom. The van der Waals surface area contributed by atoms with Crippen LogP contribution in [0.3, 0.4) is 0 Å². The number of carboxylic acids is 2. The van der Waals surface area contributed by atoms with Crippen molar-refractivity contribution >= 4 is 18.0 Å². The van der Waals surface area contributed by atoms with Gasteiger partial charge in [0, 0.05) is 26.2 Å². The summed E-state index contributed by atoms with van der Waals surface area (Å²) in [5, 5.41) is 56.6. The van der Waals surface area contributed by atoms with Crippen LogP contribution in [-0.2, 0) is 19.1 Å². The highest BCUT2D eigenvalue weighted by Crippen LogP contribution is 2.24. The average Bonchev–Trinajstić information content (AvgIpc) is 2.70. The third-order valence-corrected chi connectivity index (χ3v) is 5.26. The number of ether oxygens (including phenoxy) is 2. The van der Waals surface area contributed by atoms with E-state index in [1.165, 1.54) is 9.80 Å². The van der Waals surface area contributed by atoms with Crippen LogP contribution >= 0.6 is 0 Å². The molecule has 2 fully saturated rings. The molecule has 2 saturated heterocycles. The number of amides is 1. The summed E-state index contributed by atoms with van der Waals surface area (Å²) in [6, 6.07) is -1.67. The Balaban J connectivity index is 1.72. The topological polar surface area (TPSA) is 198 Å². The monoisotopic (exact) mass is 436 g/mol. The van der Waals surface area contributed by atoms with Gasteiger partial charge in [0.2, 0.25) is 6.04 Å². The van der Waals surface area contributed by atoms with Crippen LogP contribution in [0.1, 0.15) is 12.8 Å². The van der Waals surface area contributed by atoms with Gasteiger partial charge >= 0.3 is 18.0 Å². The Bertz CT molecular complexity index is 595. The van der Waals surface area contributed by atoms with E-state index in [2.05, 4.69) is 0 Å². The number of aliphatic hydroxyl groups excluding tert-OH is 4. The summed E-state index contributed by atoms with van der Waals surface area (Å²) >= 11 is 0. The quantitative estimate of drug-likeness (QED) is 0.166. The summed E-state index contributed by atoms with van der Waals surface area (Å²) in [7, 11) is 0. The summed E-state index contributed by atoms with van der Waals surface area (Å²) in [4.78, 5) is 36.8. The predicted octanol–water partition coefficient (Wildman–Crippen LogP) is -3.10. The molecule has 0 aromatic rings. The molecule has 4 unspecified atom stereocenters. The molecule has 2 rings (SSSR count). The van der Waals surface area contributed by atoms with Gasteiger partial charge in [0.25, 0.3) is 0 Å². The first-order valence-corrected chi connectivity index (χ1v) is 9.59. The standard InChI is InChI=1S/C17H28N2O11/c20-8-10-13(22)14(23)12(21)9(30-10)2-1-7-29-17(28)19-5-3-18(4-6-19)11(15(24)25)16(26)27/h9-14,20-23H,1-8H2,(H,24,25)(H,26,27)/t9-,10?,12?,13?,14?/m0/s1. The number of aliphatic carboxylic acids is 2. The number of hydrogen-bond acceptors (Lipinski definition) is 10. The highest BCUT2D eigenvalue weighted by molar-refractivity contribution is 5.97. The first-order chi connectivity index (χ1) is 14.2. The van der Waals surface area contributed by atoms with Gasteiger partial charge in [0.1, 0.15) is 24.4 Å². The van der Waals surface area contributed by atoms with Gasteiger partial charge in [-0.3, -0.25) is 4.90 Å². The summed E-state index contributed by atoms with van der Waals surface area (Å²) in [5.41, 5.74) is 0. The number of piperazine rings is 1. The SMILES string of the molecule is O=C(O)C(C(=O)O)N1CCN(C(=O)OCCC[C@@H]2OC(CO)C(O)C(O)C2O)CC1. The molecule has 30 heavy (non-hydrogen) atoms. The maximum atomic E-state index is 12.1. The van der Waals surface area contributed by atoms with Crippen molar-refractivity contribution < 1.29 is 54.5 Å². The van der Waals surface area contributed by atoms with Crippen molar-refractivity contribution in [3.63, 3.8) is 0 Å². The number of carboxylic acid groups (broad SMARTS) is 2. The first kappa shape index (κ1) is 24.2. The second kappa shape index (κ2) is 10.8. The molecule has 2 aliphatic rings. The van der Waals surface area contributed by atoms with Crippen molar-refractivity contribution in [1.29, 1.82) is 0 Å². The maximum Gasteiger partial charge on any atom is 0.409 e. The second-order valence-electron chi connectivity index (χ2n) is 7.23. The average molecular weight is 436 g/mol. The minimum atomic E-state index is -1.67. The molecular formula is C17H28N2O11. The Labute approximate surface area is 172 Å². The third kappa shape index (κ3) is 5.77. The largest absolute Gasteiger partial charge is 0.480 e. The fourth-order valence-corrected chi connectivity index (χ4v) is 3.53. The molecule has 13 nitrogen and oxygen atoms in total. The van der Waals surface area contributed by atoms with E-state index >= 15 is 0 Å². The number of rotatable bonds is 8. The zero-order valence-electron chi connectivity index (χ0n) is 16.2. The lowest BCUT2D eigenvalue weighted by atomic mass is 9.93. The number of nitrogens with zero attached hydrogens (tertiary/aromatic N) is 2. The lowest BCUT2D eigenvalue weighted by Crippen LogP contribution is -2.58. The molecule has 0 saturated carbocycles. The molecule has 0 radical (unpaired) electrons. The van der Waals surface area contributed by atoms with Crippen LogP contribution in [0, 0.1) is 0 Å². The number of hydrogen-bond donors (Lipinski definition) is 6. The molecule has 0 aromatic heterocycles. The smallest absolute Gasteiger partial charge is 0.409 e. The minimum Gasteiger partial charge on any atom is -0.480 e. The lowest BCUT2D eigenvalue weighted by Gasteiger charge is -2.40. The van der Waals surface area contributed by atoms with Gasteiger partial charge in [-0.25, -0.2) is 14.4 Å². The molecule has 6 N–H and O–H groups in total. The predicted molar refractivity (Wildman–Crippen MR) is 96.6 cm³/mol. The molecule has 0 bridgehead atoms. The van der Waals surface area contributed by atoms with E-state index in [1.807, 2.05) is 0 Å². The Kier molecular flexibility index (Phi) is 8.76. The van der Waals surface area contributed by atoms with Crippen LogP contribution in [-0.4, -0.2) is 134 Å². The van der Waals surface area contributed by atoms with Gasteiger partial charge in [-0.2, -0.15) is 0 Å². The summed E-state index contributed by atoms with van der Waals surface area (Å²) in [5.74, 6) is -2.93. The molecule has 5 atom stereocenters. The van der Waals surface area contributed by atoms with Gasteiger partial charge in [-0.1, -0.05) is 0 Å². The van der Waals surface area contributed by atoms with Crippen molar-refractivity contribution in [1.82, 2.24) is 9.80 Å². The van der Waals surface area contributed by atoms with Crippen LogP contribution in [0.15, 0.2) is 0 Å². The third-order valence-electron chi connectivity index (χ3n) is 5.26. The van der Waals surface area contributed by atoms with Crippen molar-refractivity contribution in [2.75, 3.05) is 39.4 Å². The number of aliphatic hydroxyl groups is 4. The molecule has 2 aliphatic heterocycles. The first-order valence-electron chi connectivity index (χ1n) is 9.59. The van der Waals surface area contributed by atoms with Gasteiger partial charge in [-0.05, 0) is 12.8 Å². The van der Waals surface area contributed by atoms with E-state index in [9.17, 15) is 29.7 Å². The normalized spacial score (nSPS) is 30.3. The highest BCUT2D eigenvalue weighted by Gasteiger charge is 2.43. The van der Waals surface area contributed by atoms with E-state index in [4.69, 9.17) is 24.8 Å². The fraction of sp³-hybridized carbons (Fsp3) is 0.824. The van der Waals surface area contributed by atoms with Gasteiger partial charge in [0.15, 0.2) is 0 Å². The summed E-state index contributed by atoms with van der Waals surface area (Å²) in [6.07, 6.45) is -6.21. The van der Waals surface area contributed by atoms with Crippen LogP contribution in [0.5, 0.6) is 0 Å². The van der Waals surface area contributed by atoms with Gasteiger partial charge < -0.3 is 45.0 Å². The molecule has 0 aromatic carbocycles. The van der Waals surface area contributed by atoms with Crippen molar-refractivity contribution in [2.24, 2.45) is 0 Å². The van der Waals surface area contributed by atoms with Crippen LogP contribution < -0.4 is 0 Å². The molecule has 2 heterocycles. The Morgan fingerprint density at radius 2 is 1.50 bits per heavy atom. The van der Waals surface area contributed by atoms with Gasteiger partial charge in [0.05, 0.1) is 19.3 Å². The number of carbonyl (C=O) groups excluding carboxylic acids is 1. The van der Waals surface area contributed by atoms with Crippen molar-refractivity contribution in [3.8, 4) is 0 Å². The zero-order chi connectivity index (χ0) is 22.4. The van der Waals surface area contributed by atoms with Crippen molar-refractivity contribution in [2.45, 2.75) is 49.4 Å². The molecule has 1 amide bonds. The zero-order valence-corrected chi connectivity index (χ0v) is 16.2. The van der Waals surface area contributed by atoms with E-state index in [1.54, 1.807) is 0 Å². The molecule has 0 spiro atoms. The summed E-state index contributed by atoms with van der Waals surface area (Å²) in [6.45, 7) is -0.161. The fourth-order valence-electron chi connectivity index (χ4n) is 3.53. The minimum absolute atomic E-state index is 0.0130. The summed E-state index contributed by atoms with van der Waals surface area (Å²) < 4.78 is 10.5. The highest BCUT2D eigenvalue weighted by atomic mass is 16.6. The maximum absolute atomic E-state index is 12.1.